The minimum Gasteiger partial charge on any atom is -0.494 e. The first kappa shape index (κ1) is 15.4. The van der Waals surface area contributed by atoms with E-state index in [-0.39, 0.29) is 5.91 Å². The molecule has 1 amide bonds. The number of fused-ring (bicyclic) bond motifs is 2. The van der Waals surface area contributed by atoms with Gasteiger partial charge >= 0.3 is 0 Å². The van der Waals surface area contributed by atoms with Crippen LogP contribution in [0.3, 0.4) is 0 Å². The highest BCUT2D eigenvalue weighted by molar-refractivity contribution is 5.99. The number of rotatable bonds is 3. The van der Waals surface area contributed by atoms with Crippen LogP contribution in [0.1, 0.15) is 12.5 Å². The molecular weight excluding hydrogens is 316 g/mol. The number of para-hydroxylation sites is 1. The minimum absolute atomic E-state index is 0.150. The van der Waals surface area contributed by atoms with E-state index in [4.69, 9.17) is 4.74 Å². The topological polar surface area (TPSA) is 67.4 Å². The number of ether oxygens (including phenoxy) is 1. The van der Waals surface area contributed by atoms with Crippen molar-refractivity contribution >= 4 is 34.0 Å². The molecule has 0 fully saturated rings. The van der Waals surface area contributed by atoms with Gasteiger partial charge in [-0.1, -0.05) is 18.2 Å². The standard InChI is InChI=1S/C19H18N4O2/c1-12(24)22-16-9-14-15(10-18(16)25-2)20-11-21-19(14)23-8-7-13-5-3-4-6-17(13)23/h3-6,9-11H,7-8H2,1-2H3,(H,22,24). The van der Waals surface area contributed by atoms with E-state index in [9.17, 15) is 4.79 Å². The smallest absolute Gasteiger partial charge is 0.221 e. The van der Waals surface area contributed by atoms with Gasteiger partial charge in [0, 0.05) is 30.6 Å². The van der Waals surface area contributed by atoms with E-state index >= 15 is 0 Å². The van der Waals surface area contributed by atoms with Crippen molar-refractivity contribution in [2.24, 2.45) is 0 Å². The van der Waals surface area contributed by atoms with Crippen molar-refractivity contribution < 1.29 is 9.53 Å². The van der Waals surface area contributed by atoms with Gasteiger partial charge in [-0.3, -0.25) is 4.79 Å². The number of hydrogen-bond acceptors (Lipinski definition) is 5. The number of amides is 1. The van der Waals surface area contributed by atoms with Crippen molar-refractivity contribution in [1.82, 2.24) is 9.97 Å². The first-order chi connectivity index (χ1) is 12.2. The molecule has 1 aromatic heterocycles. The molecule has 126 valence electrons. The van der Waals surface area contributed by atoms with E-state index in [1.165, 1.54) is 18.2 Å². The predicted molar refractivity (Wildman–Crippen MR) is 97.5 cm³/mol. The maximum Gasteiger partial charge on any atom is 0.221 e. The summed E-state index contributed by atoms with van der Waals surface area (Å²) in [4.78, 5) is 22.6. The lowest BCUT2D eigenvalue weighted by Gasteiger charge is -2.20. The fourth-order valence-electron chi connectivity index (χ4n) is 3.30. The molecule has 0 saturated heterocycles. The third-order valence-electron chi connectivity index (χ3n) is 4.39. The van der Waals surface area contributed by atoms with Gasteiger partial charge in [-0.05, 0) is 24.1 Å². The van der Waals surface area contributed by atoms with Gasteiger partial charge in [0.15, 0.2) is 0 Å². The number of carbonyl (C=O) groups excluding carboxylic acids is 1. The summed E-state index contributed by atoms with van der Waals surface area (Å²) in [5.74, 6) is 1.26. The van der Waals surface area contributed by atoms with Crippen molar-refractivity contribution in [2.45, 2.75) is 13.3 Å². The van der Waals surface area contributed by atoms with Crippen LogP contribution in [0.15, 0.2) is 42.7 Å². The van der Waals surface area contributed by atoms with Crippen LogP contribution in [0.25, 0.3) is 10.9 Å². The molecule has 0 saturated carbocycles. The highest BCUT2D eigenvalue weighted by atomic mass is 16.5. The Morgan fingerprint density at radius 1 is 1.24 bits per heavy atom. The number of benzene rings is 2. The van der Waals surface area contributed by atoms with Gasteiger partial charge in [-0.2, -0.15) is 0 Å². The van der Waals surface area contributed by atoms with E-state index in [0.29, 0.717) is 11.4 Å². The van der Waals surface area contributed by atoms with Crippen LogP contribution < -0.4 is 15.0 Å². The molecule has 1 N–H and O–H groups in total. The average molecular weight is 334 g/mol. The molecule has 2 heterocycles. The minimum atomic E-state index is -0.150. The number of hydrogen-bond donors (Lipinski definition) is 1. The normalized spacial score (nSPS) is 13.0. The van der Waals surface area contributed by atoms with Gasteiger partial charge < -0.3 is 15.0 Å². The van der Waals surface area contributed by atoms with Gasteiger partial charge in [-0.15, -0.1) is 0 Å². The number of nitrogens with one attached hydrogen (secondary N) is 1. The average Bonchev–Trinajstić information content (AvgIpc) is 3.04. The maximum atomic E-state index is 11.5. The highest BCUT2D eigenvalue weighted by Crippen LogP contribution is 2.39. The van der Waals surface area contributed by atoms with E-state index in [2.05, 4.69) is 38.4 Å². The van der Waals surface area contributed by atoms with Crippen molar-refractivity contribution in [3.05, 3.63) is 48.3 Å². The predicted octanol–water partition coefficient (Wildman–Crippen LogP) is 3.29. The summed E-state index contributed by atoms with van der Waals surface area (Å²) in [6.45, 7) is 2.34. The zero-order chi connectivity index (χ0) is 17.4. The monoisotopic (exact) mass is 334 g/mol. The Morgan fingerprint density at radius 3 is 2.88 bits per heavy atom. The molecule has 2 aromatic carbocycles. The molecule has 0 aliphatic carbocycles. The van der Waals surface area contributed by atoms with Crippen molar-refractivity contribution in [2.75, 3.05) is 23.9 Å². The van der Waals surface area contributed by atoms with E-state index in [0.717, 1.165) is 29.7 Å². The molecule has 1 aliphatic heterocycles. The Bertz CT molecular complexity index is 971. The third kappa shape index (κ3) is 2.65. The number of methoxy groups -OCH3 is 1. The Labute approximate surface area is 145 Å². The van der Waals surface area contributed by atoms with Gasteiger partial charge in [0.2, 0.25) is 5.91 Å². The number of carbonyl (C=O) groups is 1. The highest BCUT2D eigenvalue weighted by Gasteiger charge is 2.23. The summed E-state index contributed by atoms with van der Waals surface area (Å²) in [5.41, 5.74) is 3.87. The molecule has 3 aromatic rings. The summed E-state index contributed by atoms with van der Waals surface area (Å²) in [5, 5.41) is 3.69. The van der Waals surface area contributed by atoms with Crippen molar-refractivity contribution in [3.63, 3.8) is 0 Å². The quantitative estimate of drug-likeness (QED) is 0.796. The van der Waals surface area contributed by atoms with E-state index < -0.39 is 0 Å². The molecule has 4 rings (SSSR count). The first-order valence-corrected chi connectivity index (χ1v) is 8.13. The number of anilines is 3. The SMILES string of the molecule is COc1cc2ncnc(N3CCc4ccccc43)c2cc1NC(C)=O. The van der Waals surface area contributed by atoms with Gasteiger partial charge in [-0.25, -0.2) is 9.97 Å². The van der Waals surface area contributed by atoms with E-state index in [1.54, 1.807) is 13.4 Å². The van der Waals surface area contributed by atoms with Crippen LogP contribution in [0, 0.1) is 0 Å². The van der Waals surface area contributed by atoms with Crippen molar-refractivity contribution in [1.29, 1.82) is 0 Å². The second kappa shape index (κ2) is 6.05. The van der Waals surface area contributed by atoms with Crippen LogP contribution >= 0.6 is 0 Å². The van der Waals surface area contributed by atoms with Crippen LogP contribution in [-0.4, -0.2) is 29.5 Å². The van der Waals surface area contributed by atoms with Gasteiger partial charge in [0.1, 0.15) is 17.9 Å². The fraction of sp³-hybridized carbons (Fsp3) is 0.211. The molecule has 0 atom stereocenters. The lowest BCUT2D eigenvalue weighted by atomic mass is 10.1. The third-order valence-corrected chi connectivity index (χ3v) is 4.39. The summed E-state index contributed by atoms with van der Waals surface area (Å²) < 4.78 is 5.39. The largest absolute Gasteiger partial charge is 0.494 e. The zero-order valence-corrected chi connectivity index (χ0v) is 14.1. The first-order valence-electron chi connectivity index (χ1n) is 8.13. The summed E-state index contributed by atoms with van der Waals surface area (Å²) in [7, 11) is 1.57. The van der Waals surface area contributed by atoms with Gasteiger partial charge in [0.25, 0.3) is 0 Å². The molecule has 0 bridgehead atoms. The molecule has 25 heavy (non-hydrogen) atoms. The Hall–Kier alpha value is -3.15. The zero-order valence-electron chi connectivity index (χ0n) is 14.1. The number of nitrogens with zero attached hydrogens (tertiary/aromatic N) is 3. The van der Waals surface area contributed by atoms with Crippen LogP contribution in [0.2, 0.25) is 0 Å². The summed E-state index contributed by atoms with van der Waals surface area (Å²) in [6.07, 6.45) is 2.55. The van der Waals surface area contributed by atoms with Crippen LogP contribution in [-0.2, 0) is 11.2 Å². The second-order valence-electron chi connectivity index (χ2n) is 5.98. The van der Waals surface area contributed by atoms with E-state index in [1.807, 2.05) is 18.2 Å². The molecule has 0 unspecified atom stereocenters. The van der Waals surface area contributed by atoms with Gasteiger partial charge in [0.05, 0.1) is 18.3 Å². The maximum absolute atomic E-state index is 11.5. The Morgan fingerprint density at radius 2 is 2.08 bits per heavy atom. The Kier molecular flexibility index (Phi) is 3.72. The fourth-order valence-corrected chi connectivity index (χ4v) is 3.30. The summed E-state index contributed by atoms with van der Waals surface area (Å²) >= 11 is 0. The van der Waals surface area contributed by atoms with Crippen molar-refractivity contribution in [3.8, 4) is 5.75 Å². The second-order valence-corrected chi connectivity index (χ2v) is 5.98. The lowest BCUT2D eigenvalue weighted by molar-refractivity contribution is -0.114. The summed E-state index contributed by atoms with van der Waals surface area (Å²) in [6, 6.07) is 12.0. The molecule has 6 heteroatoms. The number of aromatic nitrogens is 2. The molecule has 1 aliphatic rings. The molecule has 0 radical (unpaired) electrons. The lowest BCUT2D eigenvalue weighted by Crippen LogP contribution is -2.15. The van der Waals surface area contributed by atoms with Crippen LogP contribution in [0.4, 0.5) is 17.2 Å². The molecule has 6 nitrogen and oxygen atoms in total. The molecular formula is C19H18N4O2. The molecule has 0 spiro atoms. The Balaban J connectivity index is 1.89. The van der Waals surface area contributed by atoms with Crippen LogP contribution in [0.5, 0.6) is 5.75 Å².